The lowest BCUT2D eigenvalue weighted by molar-refractivity contribution is -0.113. The highest BCUT2D eigenvalue weighted by molar-refractivity contribution is 8.00. The Morgan fingerprint density at radius 3 is 2.70 bits per heavy atom. The standard InChI is InChI=1S/C19H17Cl2N3O2S/c1-26-14-5-7-15(8-6-14)27-12-18(25)23-17-9-10-22-24(17)11-13-3-2-4-16(20)19(13)21/h2-10H,11-12H2,1H3,(H,23,25). The summed E-state index contributed by atoms with van der Waals surface area (Å²) in [6, 6.07) is 14.8. The Hall–Kier alpha value is -2.15. The van der Waals surface area contributed by atoms with Crippen LogP contribution < -0.4 is 10.1 Å². The molecule has 0 fully saturated rings. The largest absolute Gasteiger partial charge is 0.497 e. The predicted octanol–water partition coefficient (Wildman–Crippen LogP) is 4.98. The highest BCUT2D eigenvalue weighted by Gasteiger charge is 2.11. The van der Waals surface area contributed by atoms with E-state index in [1.54, 1.807) is 30.1 Å². The summed E-state index contributed by atoms with van der Waals surface area (Å²) in [4.78, 5) is 13.3. The third kappa shape index (κ3) is 5.19. The van der Waals surface area contributed by atoms with Gasteiger partial charge in [0, 0.05) is 11.0 Å². The van der Waals surface area contributed by atoms with Gasteiger partial charge in [0.2, 0.25) is 5.91 Å². The lowest BCUT2D eigenvalue weighted by Crippen LogP contribution is -2.17. The van der Waals surface area contributed by atoms with Crippen molar-refractivity contribution in [1.82, 2.24) is 9.78 Å². The number of methoxy groups -OCH3 is 1. The number of amides is 1. The van der Waals surface area contributed by atoms with Gasteiger partial charge in [-0.15, -0.1) is 11.8 Å². The summed E-state index contributed by atoms with van der Waals surface area (Å²) in [6.45, 7) is 0.410. The number of nitrogens with one attached hydrogen (secondary N) is 1. The lowest BCUT2D eigenvalue weighted by Gasteiger charge is -2.11. The zero-order chi connectivity index (χ0) is 19.2. The van der Waals surface area contributed by atoms with Crippen LogP contribution >= 0.6 is 35.0 Å². The monoisotopic (exact) mass is 421 g/mol. The van der Waals surface area contributed by atoms with Gasteiger partial charge < -0.3 is 10.1 Å². The average Bonchev–Trinajstić information content (AvgIpc) is 3.11. The number of rotatable bonds is 7. The molecule has 1 aromatic heterocycles. The molecule has 27 heavy (non-hydrogen) atoms. The Labute approximate surface area is 171 Å². The van der Waals surface area contributed by atoms with Crippen LogP contribution in [0.3, 0.4) is 0 Å². The first-order valence-corrected chi connectivity index (χ1v) is 9.82. The zero-order valence-corrected chi connectivity index (χ0v) is 16.8. The van der Waals surface area contributed by atoms with Crippen LogP contribution in [0.2, 0.25) is 10.0 Å². The molecule has 8 heteroatoms. The fourth-order valence-electron chi connectivity index (χ4n) is 2.40. The number of carbonyl (C=O) groups is 1. The van der Waals surface area contributed by atoms with E-state index in [1.165, 1.54) is 11.8 Å². The molecule has 0 saturated heterocycles. The summed E-state index contributed by atoms with van der Waals surface area (Å²) in [6.07, 6.45) is 1.63. The highest BCUT2D eigenvalue weighted by Crippen LogP contribution is 2.27. The molecular weight excluding hydrogens is 405 g/mol. The summed E-state index contributed by atoms with van der Waals surface area (Å²) in [5.41, 5.74) is 0.830. The molecule has 0 aliphatic carbocycles. The maximum Gasteiger partial charge on any atom is 0.235 e. The summed E-state index contributed by atoms with van der Waals surface area (Å²) in [5.74, 6) is 1.56. The number of anilines is 1. The fourth-order valence-corrected chi connectivity index (χ4v) is 3.47. The molecule has 0 aliphatic rings. The van der Waals surface area contributed by atoms with Crippen molar-refractivity contribution < 1.29 is 9.53 Å². The van der Waals surface area contributed by atoms with Crippen molar-refractivity contribution in [3.05, 3.63) is 70.3 Å². The Kier molecular flexibility index (Phi) is 6.66. The Morgan fingerprint density at radius 2 is 1.96 bits per heavy atom. The topological polar surface area (TPSA) is 56.1 Å². The Morgan fingerprint density at radius 1 is 1.19 bits per heavy atom. The Balaban J connectivity index is 1.60. The molecule has 0 spiro atoms. The van der Waals surface area contributed by atoms with Crippen molar-refractivity contribution in [3.63, 3.8) is 0 Å². The minimum absolute atomic E-state index is 0.116. The van der Waals surface area contributed by atoms with Crippen LogP contribution in [0.4, 0.5) is 5.82 Å². The van der Waals surface area contributed by atoms with E-state index in [9.17, 15) is 4.79 Å². The summed E-state index contributed by atoms with van der Waals surface area (Å²) < 4.78 is 6.80. The zero-order valence-electron chi connectivity index (χ0n) is 14.5. The summed E-state index contributed by atoms with van der Waals surface area (Å²) in [5, 5.41) is 8.11. The van der Waals surface area contributed by atoms with Gasteiger partial charge >= 0.3 is 0 Å². The predicted molar refractivity (Wildman–Crippen MR) is 110 cm³/mol. The molecule has 0 aliphatic heterocycles. The molecule has 3 rings (SSSR count). The maximum absolute atomic E-state index is 12.3. The summed E-state index contributed by atoms with van der Waals surface area (Å²) in [7, 11) is 1.62. The van der Waals surface area contributed by atoms with E-state index in [2.05, 4.69) is 10.4 Å². The van der Waals surface area contributed by atoms with Gasteiger partial charge in [-0.25, -0.2) is 4.68 Å². The molecule has 3 aromatic rings. The number of thioether (sulfide) groups is 1. The first kappa shape index (κ1) is 19.6. The molecule has 0 atom stereocenters. The molecule has 2 aromatic carbocycles. The first-order chi connectivity index (χ1) is 13.1. The molecule has 0 radical (unpaired) electrons. The van der Waals surface area contributed by atoms with Crippen LogP contribution in [0.1, 0.15) is 5.56 Å². The highest BCUT2D eigenvalue weighted by atomic mass is 35.5. The van der Waals surface area contributed by atoms with E-state index >= 15 is 0 Å². The third-order valence-electron chi connectivity index (χ3n) is 3.77. The van der Waals surface area contributed by atoms with Crippen LogP contribution in [-0.4, -0.2) is 28.6 Å². The van der Waals surface area contributed by atoms with Crippen LogP contribution in [0.15, 0.2) is 59.6 Å². The molecule has 1 N–H and O–H groups in total. The Bertz CT molecular complexity index is 929. The van der Waals surface area contributed by atoms with Crippen molar-refractivity contribution in [2.45, 2.75) is 11.4 Å². The number of aromatic nitrogens is 2. The van der Waals surface area contributed by atoms with Crippen molar-refractivity contribution in [1.29, 1.82) is 0 Å². The second-order valence-corrected chi connectivity index (χ2v) is 7.43. The number of halogens is 2. The van der Waals surface area contributed by atoms with Gasteiger partial charge in [-0.05, 0) is 35.9 Å². The second kappa shape index (κ2) is 9.17. The van der Waals surface area contributed by atoms with Gasteiger partial charge in [-0.2, -0.15) is 5.10 Å². The number of hydrogen-bond donors (Lipinski definition) is 1. The number of carbonyl (C=O) groups excluding carboxylic acids is 1. The smallest absolute Gasteiger partial charge is 0.235 e. The van der Waals surface area contributed by atoms with E-state index in [1.807, 2.05) is 36.4 Å². The van der Waals surface area contributed by atoms with Crippen LogP contribution in [0, 0.1) is 0 Å². The molecule has 1 heterocycles. The second-order valence-electron chi connectivity index (χ2n) is 5.60. The molecule has 0 unspecified atom stereocenters. The van der Waals surface area contributed by atoms with Gasteiger partial charge in [0.15, 0.2) is 0 Å². The normalized spacial score (nSPS) is 10.6. The van der Waals surface area contributed by atoms with Crippen molar-refractivity contribution in [2.24, 2.45) is 0 Å². The summed E-state index contributed by atoms with van der Waals surface area (Å²) >= 11 is 13.7. The average molecular weight is 422 g/mol. The van der Waals surface area contributed by atoms with Crippen molar-refractivity contribution in [3.8, 4) is 5.75 Å². The van der Waals surface area contributed by atoms with E-state index in [0.717, 1.165) is 16.2 Å². The third-order valence-corrected chi connectivity index (χ3v) is 5.64. The van der Waals surface area contributed by atoms with E-state index in [4.69, 9.17) is 27.9 Å². The molecule has 140 valence electrons. The number of benzene rings is 2. The molecule has 1 amide bonds. The van der Waals surface area contributed by atoms with E-state index < -0.39 is 0 Å². The SMILES string of the molecule is COc1ccc(SCC(=O)Nc2ccnn2Cc2cccc(Cl)c2Cl)cc1. The molecule has 5 nitrogen and oxygen atoms in total. The number of ether oxygens (including phenoxy) is 1. The van der Waals surface area contributed by atoms with Crippen LogP contribution in [-0.2, 0) is 11.3 Å². The molecule has 0 saturated carbocycles. The maximum atomic E-state index is 12.3. The minimum Gasteiger partial charge on any atom is -0.497 e. The van der Waals surface area contributed by atoms with Crippen LogP contribution in [0.5, 0.6) is 5.75 Å². The van der Waals surface area contributed by atoms with Gasteiger partial charge in [-0.1, -0.05) is 35.3 Å². The number of hydrogen-bond acceptors (Lipinski definition) is 4. The van der Waals surface area contributed by atoms with E-state index in [0.29, 0.717) is 22.4 Å². The number of nitrogens with zero attached hydrogens (tertiary/aromatic N) is 2. The minimum atomic E-state index is -0.116. The fraction of sp³-hybridized carbons (Fsp3) is 0.158. The molecular formula is C19H17Cl2N3O2S. The van der Waals surface area contributed by atoms with Gasteiger partial charge in [0.25, 0.3) is 0 Å². The lowest BCUT2D eigenvalue weighted by atomic mass is 10.2. The van der Waals surface area contributed by atoms with Gasteiger partial charge in [-0.3, -0.25) is 4.79 Å². The first-order valence-electron chi connectivity index (χ1n) is 8.08. The van der Waals surface area contributed by atoms with Crippen LogP contribution in [0.25, 0.3) is 0 Å². The van der Waals surface area contributed by atoms with Crippen molar-refractivity contribution >= 4 is 46.7 Å². The van der Waals surface area contributed by atoms with Gasteiger partial charge in [0.05, 0.1) is 35.6 Å². The molecule has 0 bridgehead atoms. The quantitative estimate of drug-likeness (QED) is 0.546. The van der Waals surface area contributed by atoms with E-state index in [-0.39, 0.29) is 11.7 Å². The van der Waals surface area contributed by atoms with Gasteiger partial charge in [0.1, 0.15) is 11.6 Å². The van der Waals surface area contributed by atoms with Crippen molar-refractivity contribution in [2.75, 3.05) is 18.2 Å².